The molecule has 6 nitrogen and oxygen atoms in total. The van der Waals surface area contributed by atoms with Crippen LogP contribution in [0.5, 0.6) is 0 Å². The predicted molar refractivity (Wildman–Crippen MR) is 116 cm³/mol. The van der Waals surface area contributed by atoms with Crippen LogP contribution in [0.15, 0.2) is 35.6 Å². The molecule has 1 aromatic carbocycles. The molecule has 1 saturated heterocycles. The number of nitrogens with zero attached hydrogens (tertiary/aromatic N) is 4. The van der Waals surface area contributed by atoms with Crippen LogP contribution in [-0.2, 0) is 4.79 Å². The molecule has 1 aromatic heterocycles. The highest BCUT2D eigenvalue weighted by Gasteiger charge is 2.31. The Hall–Kier alpha value is -2.35. The molecule has 1 aliphatic heterocycles. The summed E-state index contributed by atoms with van der Waals surface area (Å²) >= 11 is 1.43. The molecule has 0 saturated carbocycles. The summed E-state index contributed by atoms with van der Waals surface area (Å²) < 4.78 is 15.1. The first-order valence-corrected chi connectivity index (χ1v) is 11.6. The highest BCUT2D eigenvalue weighted by atomic mass is 32.2. The summed E-state index contributed by atoms with van der Waals surface area (Å²) in [7, 11) is 1.86. The third-order valence-electron chi connectivity index (χ3n) is 5.57. The highest BCUT2D eigenvalue weighted by molar-refractivity contribution is 7.98. The van der Waals surface area contributed by atoms with Gasteiger partial charge in [0.2, 0.25) is 5.91 Å². The second kappa shape index (κ2) is 10.1. The Morgan fingerprint density at radius 1 is 1.23 bits per heavy atom. The van der Waals surface area contributed by atoms with Crippen LogP contribution in [0.3, 0.4) is 0 Å². The molecule has 3 rings (SSSR count). The van der Waals surface area contributed by atoms with Gasteiger partial charge in [0, 0.05) is 38.3 Å². The van der Waals surface area contributed by atoms with Crippen molar-refractivity contribution in [1.82, 2.24) is 19.4 Å². The maximum absolute atomic E-state index is 13.4. The van der Waals surface area contributed by atoms with Crippen molar-refractivity contribution in [3.05, 3.63) is 42.0 Å². The van der Waals surface area contributed by atoms with Gasteiger partial charge in [-0.05, 0) is 49.8 Å². The van der Waals surface area contributed by atoms with E-state index in [0.29, 0.717) is 42.5 Å². The Labute approximate surface area is 181 Å². The van der Waals surface area contributed by atoms with E-state index in [2.05, 4.69) is 11.9 Å². The number of thioether (sulfide) groups is 1. The van der Waals surface area contributed by atoms with Gasteiger partial charge in [0.15, 0.2) is 5.16 Å². The van der Waals surface area contributed by atoms with Crippen LogP contribution in [0.4, 0.5) is 4.39 Å². The maximum atomic E-state index is 13.4. The van der Waals surface area contributed by atoms with E-state index in [-0.39, 0.29) is 23.5 Å². The standard InChI is InChI=1S/C22H29FN4O2S/c1-4-5-12-25(2)20(28)16-10-13-26(14-11-16)21(29)19-15-24-22(30-3)27(19)18-8-6-17(23)7-9-18/h6-9,15-16H,4-5,10-14H2,1-3H3. The van der Waals surface area contributed by atoms with Crippen molar-refractivity contribution in [2.75, 3.05) is 32.9 Å². The lowest BCUT2D eigenvalue weighted by Gasteiger charge is -2.33. The lowest BCUT2D eigenvalue weighted by molar-refractivity contribution is -0.135. The molecule has 30 heavy (non-hydrogen) atoms. The van der Waals surface area contributed by atoms with E-state index in [4.69, 9.17) is 0 Å². The summed E-state index contributed by atoms with van der Waals surface area (Å²) in [5, 5.41) is 0.674. The number of hydrogen-bond acceptors (Lipinski definition) is 4. The third-order valence-corrected chi connectivity index (χ3v) is 6.22. The average Bonchev–Trinajstić information content (AvgIpc) is 3.21. The molecule has 0 atom stereocenters. The minimum absolute atomic E-state index is 0.0281. The lowest BCUT2D eigenvalue weighted by Crippen LogP contribution is -2.44. The molecule has 0 spiro atoms. The fourth-order valence-electron chi connectivity index (χ4n) is 3.78. The van der Waals surface area contributed by atoms with Gasteiger partial charge < -0.3 is 9.80 Å². The predicted octanol–water partition coefficient (Wildman–Crippen LogP) is 3.84. The fourth-order valence-corrected chi connectivity index (χ4v) is 4.32. The molecule has 0 bridgehead atoms. The zero-order valence-corrected chi connectivity index (χ0v) is 18.6. The van der Waals surface area contributed by atoms with E-state index in [0.717, 1.165) is 19.4 Å². The molecule has 162 valence electrons. The van der Waals surface area contributed by atoms with Gasteiger partial charge in [0.05, 0.1) is 6.20 Å². The van der Waals surface area contributed by atoms with E-state index in [1.165, 1.54) is 23.9 Å². The Balaban J connectivity index is 1.71. The number of amides is 2. The quantitative estimate of drug-likeness (QED) is 0.624. The molecule has 2 heterocycles. The number of halogens is 1. The van der Waals surface area contributed by atoms with Crippen molar-refractivity contribution in [2.45, 2.75) is 37.8 Å². The zero-order valence-electron chi connectivity index (χ0n) is 17.8. The van der Waals surface area contributed by atoms with Gasteiger partial charge in [-0.15, -0.1) is 0 Å². The minimum Gasteiger partial charge on any atom is -0.346 e. The van der Waals surface area contributed by atoms with Gasteiger partial charge >= 0.3 is 0 Å². The number of carbonyl (C=O) groups excluding carboxylic acids is 2. The number of aromatic nitrogens is 2. The molecule has 0 unspecified atom stereocenters. The molecular weight excluding hydrogens is 403 g/mol. The van der Waals surface area contributed by atoms with Crippen molar-refractivity contribution in [2.24, 2.45) is 5.92 Å². The number of imidazole rings is 1. The first kappa shape index (κ1) is 22.3. The Kier molecular flexibility index (Phi) is 7.53. The van der Waals surface area contributed by atoms with Gasteiger partial charge in [0.25, 0.3) is 5.91 Å². The van der Waals surface area contributed by atoms with Gasteiger partial charge in [-0.3, -0.25) is 14.2 Å². The van der Waals surface area contributed by atoms with E-state index in [1.807, 2.05) is 18.2 Å². The monoisotopic (exact) mass is 432 g/mol. The van der Waals surface area contributed by atoms with Crippen LogP contribution >= 0.6 is 11.8 Å². The van der Waals surface area contributed by atoms with Crippen LogP contribution in [0, 0.1) is 11.7 Å². The van der Waals surface area contributed by atoms with Crippen LogP contribution in [-0.4, -0.2) is 64.1 Å². The van der Waals surface area contributed by atoms with Crippen LogP contribution < -0.4 is 0 Å². The Bertz CT molecular complexity index is 876. The summed E-state index contributed by atoms with van der Waals surface area (Å²) in [5.74, 6) is -0.290. The summed E-state index contributed by atoms with van der Waals surface area (Å²) in [6.07, 6.45) is 6.87. The number of unbranched alkanes of at least 4 members (excludes halogenated alkanes) is 1. The van der Waals surface area contributed by atoms with Crippen molar-refractivity contribution in [1.29, 1.82) is 0 Å². The normalized spacial score (nSPS) is 14.7. The Morgan fingerprint density at radius 3 is 2.50 bits per heavy atom. The molecule has 1 fully saturated rings. The summed E-state index contributed by atoms with van der Waals surface area (Å²) in [6, 6.07) is 6.04. The molecule has 0 radical (unpaired) electrons. The van der Waals surface area contributed by atoms with E-state index in [9.17, 15) is 14.0 Å². The summed E-state index contributed by atoms with van der Waals surface area (Å²) in [6.45, 7) is 3.98. The summed E-state index contributed by atoms with van der Waals surface area (Å²) in [4.78, 5) is 33.8. The second-order valence-corrected chi connectivity index (χ2v) is 8.40. The van der Waals surface area contributed by atoms with Crippen molar-refractivity contribution < 1.29 is 14.0 Å². The first-order valence-electron chi connectivity index (χ1n) is 10.4. The Morgan fingerprint density at radius 2 is 1.90 bits per heavy atom. The molecule has 0 aliphatic carbocycles. The summed E-state index contributed by atoms with van der Waals surface area (Å²) in [5.41, 5.74) is 1.15. The average molecular weight is 433 g/mol. The molecule has 8 heteroatoms. The van der Waals surface area contributed by atoms with Crippen LogP contribution in [0.25, 0.3) is 5.69 Å². The molecule has 2 aromatic rings. The van der Waals surface area contributed by atoms with Gasteiger partial charge in [0.1, 0.15) is 11.5 Å². The SMILES string of the molecule is CCCCN(C)C(=O)C1CCN(C(=O)c2cnc(SC)n2-c2ccc(F)cc2)CC1. The lowest BCUT2D eigenvalue weighted by atomic mass is 9.95. The van der Waals surface area contributed by atoms with Gasteiger partial charge in [-0.2, -0.15) is 0 Å². The highest BCUT2D eigenvalue weighted by Crippen LogP contribution is 2.25. The number of carbonyl (C=O) groups is 2. The van der Waals surface area contributed by atoms with Crippen molar-refractivity contribution in [3.8, 4) is 5.69 Å². The van der Waals surface area contributed by atoms with E-state index in [1.54, 1.807) is 27.8 Å². The number of likely N-dealkylation sites (tertiary alicyclic amines) is 1. The number of hydrogen-bond donors (Lipinski definition) is 0. The fraction of sp³-hybridized carbons (Fsp3) is 0.500. The minimum atomic E-state index is -0.326. The maximum Gasteiger partial charge on any atom is 0.272 e. The third kappa shape index (κ3) is 4.86. The number of piperidine rings is 1. The number of benzene rings is 1. The smallest absolute Gasteiger partial charge is 0.272 e. The van der Waals surface area contributed by atoms with E-state index >= 15 is 0 Å². The second-order valence-electron chi connectivity index (χ2n) is 7.62. The van der Waals surface area contributed by atoms with Crippen molar-refractivity contribution in [3.63, 3.8) is 0 Å². The van der Waals surface area contributed by atoms with Gasteiger partial charge in [-0.1, -0.05) is 25.1 Å². The zero-order chi connectivity index (χ0) is 21.7. The first-order chi connectivity index (χ1) is 14.5. The van der Waals surface area contributed by atoms with E-state index < -0.39 is 0 Å². The van der Waals surface area contributed by atoms with Crippen molar-refractivity contribution >= 4 is 23.6 Å². The molecular formula is C22H29FN4O2S. The molecule has 1 aliphatic rings. The largest absolute Gasteiger partial charge is 0.346 e. The van der Waals surface area contributed by atoms with Crippen LogP contribution in [0.1, 0.15) is 43.1 Å². The van der Waals surface area contributed by atoms with Gasteiger partial charge in [-0.25, -0.2) is 9.37 Å². The topological polar surface area (TPSA) is 58.4 Å². The molecule has 2 amide bonds. The molecule has 0 N–H and O–H groups in total. The van der Waals surface area contributed by atoms with Crippen LogP contribution in [0.2, 0.25) is 0 Å². The number of rotatable bonds is 7.